The van der Waals surface area contributed by atoms with Crippen LogP contribution < -0.4 is 9.80 Å². The second-order valence-electron chi connectivity index (χ2n) is 5.70. The zero-order chi connectivity index (χ0) is 24.2. The molecule has 0 saturated heterocycles. The summed E-state index contributed by atoms with van der Waals surface area (Å²) in [5, 5.41) is 34.8. The minimum absolute atomic E-state index is 0.0797. The van der Waals surface area contributed by atoms with Crippen molar-refractivity contribution >= 4 is 11.9 Å². The number of hydrogen-bond acceptors (Lipinski definition) is 17. The van der Waals surface area contributed by atoms with E-state index in [4.69, 9.17) is 58.3 Å². The van der Waals surface area contributed by atoms with Gasteiger partial charge in [0.1, 0.15) is 59.9 Å². The molecule has 0 aliphatic carbocycles. The number of anilines is 2. The topological polar surface area (TPSA) is 200 Å². The van der Waals surface area contributed by atoms with Crippen LogP contribution in [0.1, 0.15) is 5.82 Å². The maximum Gasteiger partial charge on any atom is 0.234 e. The first-order valence-electron chi connectivity index (χ1n) is 9.44. The summed E-state index contributed by atoms with van der Waals surface area (Å²) >= 11 is 0. The maximum atomic E-state index is 8.70. The molecule has 0 saturated carbocycles. The lowest BCUT2D eigenvalue weighted by atomic mass is 10.6. The average molecular weight is 485 g/mol. The lowest BCUT2D eigenvalue weighted by Crippen LogP contribution is -2.35. The van der Waals surface area contributed by atoms with Gasteiger partial charge in [0.15, 0.2) is 27.2 Å². The first-order valence-corrected chi connectivity index (χ1v) is 9.44. The fraction of sp³-hybridized carbons (Fsp3) is 0.812. The van der Waals surface area contributed by atoms with Gasteiger partial charge in [-0.3, -0.25) is 9.80 Å². The molecule has 4 N–H and O–H groups in total. The predicted molar refractivity (Wildman–Crippen MR) is 105 cm³/mol. The van der Waals surface area contributed by atoms with E-state index in [9.17, 15) is 0 Å². The zero-order valence-corrected chi connectivity index (χ0v) is 18.3. The summed E-state index contributed by atoms with van der Waals surface area (Å²) in [6.07, 6.45) is 0. The quantitative estimate of drug-likeness (QED) is 0.0981. The van der Waals surface area contributed by atoms with Crippen molar-refractivity contribution in [2.24, 2.45) is 0 Å². The second kappa shape index (κ2) is 19.6. The van der Waals surface area contributed by atoms with Crippen LogP contribution in [0.25, 0.3) is 0 Å². The van der Waals surface area contributed by atoms with Gasteiger partial charge in [-0.05, 0) is 6.92 Å². The van der Waals surface area contributed by atoms with Gasteiger partial charge in [0.05, 0.1) is 0 Å². The van der Waals surface area contributed by atoms with Crippen molar-refractivity contribution < 1.29 is 58.3 Å². The van der Waals surface area contributed by atoms with Crippen molar-refractivity contribution in [1.29, 1.82) is 0 Å². The van der Waals surface area contributed by atoms with Gasteiger partial charge in [-0.15, -0.1) is 0 Å². The monoisotopic (exact) mass is 485 g/mol. The predicted octanol–water partition coefficient (Wildman–Crippen LogP) is -2.62. The molecule has 0 radical (unpaired) electrons. The van der Waals surface area contributed by atoms with Crippen LogP contribution in [-0.2, 0) is 37.9 Å². The highest BCUT2D eigenvalue weighted by molar-refractivity contribution is 5.38. The van der Waals surface area contributed by atoms with Crippen molar-refractivity contribution in [3.05, 3.63) is 5.82 Å². The molecule has 0 aliphatic heterocycles. The molecular weight excluding hydrogens is 454 g/mol. The number of nitrogens with zero attached hydrogens (tertiary/aromatic N) is 5. The molecule has 0 aromatic carbocycles. The van der Waals surface area contributed by atoms with E-state index in [0.29, 0.717) is 5.82 Å². The highest BCUT2D eigenvalue weighted by Gasteiger charge is 2.17. The van der Waals surface area contributed by atoms with Gasteiger partial charge < -0.3 is 58.3 Å². The van der Waals surface area contributed by atoms with Crippen molar-refractivity contribution in [3.8, 4) is 0 Å². The van der Waals surface area contributed by atoms with Crippen LogP contribution in [0.4, 0.5) is 11.9 Å². The SMILES string of the molecule is Cc1nc(N(COCOCO)COCOCO)nc(N(COCOCO)COCOCO)n1. The van der Waals surface area contributed by atoms with E-state index < -0.39 is 27.2 Å². The van der Waals surface area contributed by atoms with Crippen molar-refractivity contribution in [2.75, 3.05) is 91.1 Å². The zero-order valence-electron chi connectivity index (χ0n) is 18.3. The van der Waals surface area contributed by atoms with Gasteiger partial charge >= 0.3 is 0 Å². The molecule has 0 aliphatic rings. The maximum absolute atomic E-state index is 8.70. The van der Waals surface area contributed by atoms with Crippen molar-refractivity contribution in [1.82, 2.24) is 15.0 Å². The normalized spacial score (nSPS) is 11.2. The number of aryl methyl sites for hydroxylation is 1. The summed E-state index contributed by atoms with van der Waals surface area (Å²) in [5.41, 5.74) is 0. The summed E-state index contributed by atoms with van der Waals surface area (Å²) in [7, 11) is 0. The third kappa shape index (κ3) is 13.4. The fourth-order valence-electron chi connectivity index (χ4n) is 2.02. The van der Waals surface area contributed by atoms with Crippen LogP contribution in [0, 0.1) is 6.92 Å². The number of aliphatic hydroxyl groups excluding tert-OH is 4. The second-order valence-corrected chi connectivity index (χ2v) is 5.70. The van der Waals surface area contributed by atoms with Crippen LogP contribution >= 0.6 is 0 Å². The molecule has 0 fully saturated rings. The lowest BCUT2D eigenvalue weighted by Gasteiger charge is -2.25. The summed E-state index contributed by atoms with van der Waals surface area (Å²) < 4.78 is 40.1. The minimum Gasteiger partial charge on any atom is -0.371 e. The third-order valence-electron chi connectivity index (χ3n) is 3.31. The molecule has 0 spiro atoms. The van der Waals surface area contributed by atoms with Crippen LogP contribution in [0.5, 0.6) is 0 Å². The van der Waals surface area contributed by atoms with Crippen LogP contribution in [0.2, 0.25) is 0 Å². The Hall–Kier alpha value is -1.87. The van der Waals surface area contributed by atoms with Gasteiger partial charge in [-0.2, -0.15) is 15.0 Å². The standard InChI is InChI=1S/C16H31N5O12/c1-14-17-15(20(2-26-10-30-6-22)3-27-11-31-7-23)19-16(18-14)21(4-28-12-32-8-24)5-29-13-33-9-25/h22-25H,2-13H2,1H3. The average Bonchev–Trinajstić information content (AvgIpc) is 2.81. The Balaban J connectivity index is 2.96. The Morgan fingerprint density at radius 2 is 0.818 bits per heavy atom. The number of aromatic nitrogens is 3. The Morgan fingerprint density at radius 1 is 0.515 bits per heavy atom. The molecule has 17 nitrogen and oxygen atoms in total. The van der Waals surface area contributed by atoms with Crippen molar-refractivity contribution in [2.45, 2.75) is 6.92 Å². The third-order valence-corrected chi connectivity index (χ3v) is 3.31. The molecule has 1 heterocycles. The highest BCUT2D eigenvalue weighted by Crippen LogP contribution is 2.15. The van der Waals surface area contributed by atoms with Gasteiger partial charge in [0.2, 0.25) is 11.9 Å². The molecule has 0 unspecified atom stereocenters. The molecule has 192 valence electrons. The molecule has 1 rings (SSSR count). The fourth-order valence-corrected chi connectivity index (χ4v) is 2.02. The number of hydrogen-bond donors (Lipinski definition) is 4. The Bertz CT molecular complexity index is 535. The van der Waals surface area contributed by atoms with Gasteiger partial charge in [-0.25, -0.2) is 0 Å². The number of rotatable bonds is 22. The molecule has 1 aromatic heterocycles. The van der Waals surface area contributed by atoms with Crippen LogP contribution in [0.15, 0.2) is 0 Å². The summed E-state index contributed by atoms with van der Waals surface area (Å²) in [4.78, 5) is 15.9. The first-order chi connectivity index (χ1) is 16.2. The molecule has 17 heteroatoms. The molecule has 33 heavy (non-hydrogen) atoms. The molecule has 1 aromatic rings. The van der Waals surface area contributed by atoms with E-state index in [1.807, 2.05) is 0 Å². The van der Waals surface area contributed by atoms with Crippen LogP contribution in [-0.4, -0.2) is 117 Å². The van der Waals surface area contributed by atoms with Gasteiger partial charge in [0, 0.05) is 0 Å². The number of ether oxygens (including phenoxy) is 8. The van der Waals surface area contributed by atoms with Crippen molar-refractivity contribution in [3.63, 3.8) is 0 Å². The summed E-state index contributed by atoms with van der Waals surface area (Å²) in [6, 6.07) is 0. The van der Waals surface area contributed by atoms with Gasteiger partial charge in [-0.1, -0.05) is 0 Å². The first kappa shape index (κ1) is 29.2. The smallest absolute Gasteiger partial charge is 0.234 e. The lowest BCUT2D eigenvalue weighted by molar-refractivity contribution is -0.122. The Morgan fingerprint density at radius 3 is 1.09 bits per heavy atom. The Labute approximate surface area is 189 Å². The Kier molecular flexibility index (Phi) is 17.3. The molecule has 0 bridgehead atoms. The molecule has 0 amide bonds. The highest BCUT2D eigenvalue weighted by atomic mass is 16.7. The van der Waals surface area contributed by atoms with E-state index >= 15 is 0 Å². The van der Waals surface area contributed by atoms with E-state index in [0.717, 1.165) is 0 Å². The summed E-state index contributed by atoms with van der Waals surface area (Å²) in [6.45, 7) is -1.49. The van der Waals surface area contributed by atoms with Crippen LogP contribution in [0.3, 0.4) is 0 Å². The van der Waals surface area contributed by atoms with Gasteiger partial charge in [0.25, 0.3) is 0 Å². The minimum atomic E-state index is -0.509. The van der Waals surface area contributed by atoms with E-state index in [2.05, 4.69) is 15.0 Å². The van der Waals surface area contributed by atoms with E-state index in [1.165, 1.54) is 9.80 Å². The van der Waals surface area contributed by atoms with E-state index in [-0.39, 0.29) is 66.0 Å². The molecular formula is C16H31N5O12. The largest absolute Gasteiger partial charge is 0.371 e. The van der Waals surface area contributed by atoms with E-state index in [1.54, 1.807) is 6.92 Å². The summed E-state index contributed by atoms with van der Waals surface area (Å²) in [5.74, 6) is 0.670. The molecule has 0 atom stereocenters. The number of aliphatic hydroxyl groups is 4.